The van der Waals surface area contributed by atoms with Crippen molar-refractivity contribution in [3.63, 3.8) is 0 Å². The molecule has 6 heteroatoms. The van der Waals surface area contributed by atoms with E-state index in [9.17, 15) is 9.59 Å². The number of nitrogens with one attached hydrogen (secondary N) is 1. The molecule has 0 fully saturated rings. The second-order valence-electron chi connectivity index (χ2n) is 3.32. The van der Waals surface area contributed by atoms with Crippen molar-refractivity contribution in [3.8, 4) is 5.88 Å². The van der Waals surface area contributed by atoms with Crippen LogP contribution in [0.15, 0.2) is 23.1 Å². The van der Waals surface area contributed by atoms with Crippen molar-refractivity contribution in [2.45, 2.75) is 0 Å². The number of carbonyl (C=O) groups is 1. The van der Waals surface area contributed by atoms with Crippen LogP contribution in [0.4, 0.5) is 0 Å². The standard InChI is InChI=1S/C11H10N2O4/c1-16-9-4-8-6(5-12-9)3-7(10(14)13-8)11(15)17-2/h3-5H,1-2H3,(H,13,14). The zero-order valence-electron chi connectivity index (χ0n) is 9.31. The third kappa shape index (κ3) is 1.96. The highest BCUT2D eigenvalue weighted by molar-refractivity contribution is 5.93. The number of methoxy groups -OCH3 is 2. The molecular formula is C11H10N2O4. The van der Waals surface area contributed by atoms with Crippen LogP contribution < -0.4 is 10.3 Å². The molecule has 2 rings (SSSR count). The van der Waals surface area contributed by atoms with Crippen LogP contribution in [0, 0.1) is 0 Å². The molecule has 88 valence electrons. The van der Waals surface area contributed by atoms with Gasteiger partial charge < -0.3 is 14.5 Å². The maximum atomic E-state index is 11.6. The highest BCUT2D eigenvalue weighted by Gasteiger charge is 2.12. The molecule has 0 aliphatic heterocycles. The average Bonchev–Trinajstić information content (AvgIpc) is 2.36. The van der Waals surface area contributed by atoms with Crippen molar-refractivity contribution in [2.24, 2.45) is 0 Å². The van der Waals surface area contributed by atoms with Crippen molar-refractivity contribution < 1.29 is 14.3 Å². The number of esters is 1. The SMILES string of the molecule is COC(=O)c1cc2cnc(OC)cc2[nH]c1=O. The Morgan fingerprint density at radius 2 is 2.12 bits per heavy atom. The summed E-state index contributed by atoms with van der Waals surface area (Å²) in [5, 5.41) is 0.630. The van der Waals surface area contributed by atoms with Gasteiger partial charge in [0.1, 0.15) is 5.56 Å². The molecule has 0 aliphatic rings. The summed E-state index contributed by atoms with van der Waals surface area (Å²) in [6, 6.07) is 3.02. The molecule has 0 saturated carbocycles. The second-order valence-corrected chi connectivity index (χ2v) is 3.32. The number of nitrogens with zero attached hydrogens (tertiary/aromatic N) is 1. The molecule has 0 aliphatic carbocycles. The largest absolute Gasteiger partial charge is 0.481 e. The van der Waals surface area contributed by atoms with Gasteiger partial charge in [0.05, 0.1) is 19.7 Å². The summed E-state index contributed by atoms with van der Waals surface area (Å²) in [7, 11) is 2.70. The fraction of sp³-hybridized carbons (Fsp3) is 0.182. The number of H-pyrrole nitrogens is 1. The summed E-state index contributed by atoms with van der Waals surface area (Å²) in [6.07, 6.45) is 1.51. The van der Waals surface area contributed by atoms with E-state index in [1.807, 2.05) is 0 Å². The number of hydrogen-bond acceptors (Lipinski definition) is 5. The molecule has 2 aromatic rings. The Morgan fingerprint density at radius 1 is 1.35 bits per heavy atom. The Bertz CT molecular complexity index is 633. The summed E-state index contributed by atoms with van der Waals surface area (Å²) >= 11 is 0. The van der Waals surface area contributed by atoms with Crippen LogP contribution in [-0.4, -0.2) is 30.2 Å². The molecule has 0 aromatic carbocycles. The first kappa shape index (κ1) is 11.1. The van der Waals surface area contributed by atoms with Crippen molar-refractivity contribution in [1.82, 2.24) is 9.97 Å². The van der Waals surface area contributed by atoms with Gasteiger partial charge in [0.15, 0.2) is 0 Å². The van der Waals surface area contributed by atoms with E-state index in [1.54, 1.807) is 6.07 Å². The van der Waals surface area contributed by atoms with Crippen LogP contribution >= 0.6 is 0 Å². The van der Waals surface area contributed by atoms with Gasteiger partial charge in [0.25, 0.3) is 5.56 Å². The van der Waals surface area contributed by atoms with E-state index in [0.29, 0.717) is 16.8 Å². The molecule has 0 unspecified atom stereocenters. The Labute approximate surface area is 96.2 Å². The maximum Gasteiger partial charge on any atom is 0.343 e. The highest BCUT2D eigenvalue weighted by atomic mass is 16.5. The minimum atomic E-state index is -0.677. The predicted octanol–water partition coefficient (Wildman–Crippen LogP) is 0.718. The first-order valence-corrected chi connectivity index (χ1v) is 4.81. The lowest BCUT2D eigenvalue weighted by atomic mass is 10.2. The van der Waals surface area contributed by atoms with Crippen LogP contribution in [0.25, 0.3) is 10.9 Å². The molecule has 0 amide bonds. The number of hydrogen-bond donors (Lipinski definition) is 1. The van der Waals surface area contributed by atoms with Gasteiger partial charge >= 0.3 is 5.97 Å². The van der Waals surface area contributed by atoms with E-state index in [0.717, 1.165) is 0 Å². The summed E-state index contributed by atoms with van der Waals surface area (Å²) in [5.41, 5.74) is -0.000858. The molecule has 0 atom stereocenters. The first-order chi connectivity index (χ1) is 8.15. The lowest BCUT2D eigenvalue weighted by Gasteiger charge is -2.03. The lowest BCUT2D eigenvalue weighted by Crippen LogP contribution is -2.18. The molecule has 6 nitrogen and oxygen atoms in total. The topological polar surface area (TPSA) is 81.3 Å². The number of rotatable bonds is 2. The highest BCUT2D eigenvalue weighted by Crippen LogP contribution is 2.15. The molecule has 0 spiro atoms. The third-order valence-corrected chi connectivity index (χ3v) is 2.32. The lowest BCUT2D eigenvalue weighted by molar-refractivity contribution is 0.0599. The van der Waals surface area contributed by atoms with Gasteiger partial charge in [-0.2, -0.15) is 0 Å². The molecule has 0 radical (unpaired) electrons. The average molecular weight is 234 g/mol. The van der Waals surface area contributed by atoms with E-state index >= 15 is 0 Å². The summed E-state index contributed by atoms with van der Waals surface area (Å²) in [4.78, 5) is 29.5. The minimum Gasteiger partial charge on any atom is -0.481 e. The van der Waals surface area contributed by atoms with Crippen molar-refractivity contribution in [1.29, 1.82) is 0 Å². The molecule has 2 aromatic heterocycles. The zero-order chi connectivity index (χ0) is 12.4. The van der Waals surface area contributed by atoms with E-state index in [1.165, 1.54) is 26.5 Å². The number of fused-ring (bicyclic) bond motifs is 1. The second kappa shape index (κ2) is 4.25. The van der Waals surface area contributed by atoms with E-state index < -0.39 is 11.5 Å². The fourth-order valence-electron chi connectivity index (χ4n) is 1.45. The summed E-state index contributed by atoms with van der Waals surface area (Å²) < 4.78 is 9.44. The predicted molar refractivity (Wildman–Crippen MR) is 60.3 cm³/mol. The van der Waals surface area contributed by atoms with Crippen LogP contribution in [0.2, 0.25) is 0 Å². The number of ether oxygens (including phenoxy) is 2. The molecule has 0 bridgehead atoms. The van der Waals surface area contributed by atoms with Crippen LogP contribution in [0.3, 0.4) is 0 Å². The van der Waals surface area contributed by atoms with E-state index in [4.69, 9.17) is 4.74 Å². The fourth-order valence-corrected chi connectivity index (χ4v) is 1.45. The van der Waals surface area contributed by atoms with Gasteiger partial charge in [-0.15, -0.1) is 0 Å². The van der Waals surface area contributed by atoms with Gasteiger partial charge in [0, 0.05) is 17.6 Å². The number of aromatic amines is 1. The molecule has 2 heterocycles. The monoisotopic (exact) mass is 234 g/mol. The van der Waals surface area contributed by atoms with Gasteiger partial charge in [-0.3, -0.25) is 4.79 Å². The van der Waals surface area contributed by atoms with Crippen LogP contribution in [0.1, 0.15) is 10.4 Å². The van der Waals surface area contributed by atoms with Crippen molar-refractivity contribution >= 4 is 16.9 Å². The number of carbonyl (C=O) groups excluding carboxylic acids is 1. The maximum absolute atomic E-state index is 11.6. The Kier molecular flexibility index (Phi) is 2.78. The summed E-state index contributed by atoms with van der Waals surface area (Å²) in [5.74, 6) is -0.289. The molecular weight excluding hydrogens is 224 g/mol. The van der Waals surface area contributed by atoms with Crippen LogP contribution in [-0.2, 0) is 4.74 Å². The Balaban J connectivity index is 2.66. The van der Waals surface area contributed by atoms with Gasteiger partial charge in [-0.1, -0.05) is 0 Å². The van der Waals surface area contributed by atoms with E-state index in [2.05, 4.69) is 14.7 Å². The Morgan fingerprint density at radius 3 is 2.76 bits per heavy atom. The summed E-state index contributed by atoms with van der Waals surface area (Å²) in [6.45, 7) is 0. The van der Waals surface area contributed by atoms with Crippen LogP contribution in [0.5, 0.6) is 5.88 Å². The first-order valence-electron chi connectivity index (χ1n) is 4.81. The normalized spacial score (nSPS) is 10.2. The zero-order valence-corrected chi connectivity index (χ0v) is 9.31. The van der Waals surface area contributed by atoms with Gasteiger partial charge in [0.2, 0.25) is 5.88 Å². The van der Waals surface area contributed by atoms with Crippen molar-refractivity contribution in [2.75, 3.05) is 14.2 Å². The number of aromatic nitrogens is 2. The molecule has 1 N–H and O–H groups in total. The number of pyridine rings is 2. The van der Waals surface area contributed by atoms with Gasteiger partial charge in [-0.25, -0.2) is 9.78 Å². The van der Waals surface area contributed by atoms with E-state index in [-0.39, 0.29) is 5.56 Å². The quantitative estimate of drug-likeness (QED) is 0.774. The molecule has 0 saturated heterocycles. The minimum absolute atomic E-state index is 0.0491. The van der Waals surface area contributed by atoms with Crippen molar-refractivity contribution in [3.05, 3.63) is 34.2 Å². The van der Waals surface area contributed by atoms with Gasteiger partial charge in [-0.05, 0) is 6.07 Å². The molecule has 17 heavy (non-hydrogen) atoms. The Hall–Kier alpha value is -2.37. The smallest absolute Gasteiger partial charge is 0.343 e. The third-order valence-electron chi connectivity index (χ3n) is 2.32.